The second kappa shape index (κ2) is 10.2. The predicted octanol–water partition coefficient (Wildman–Crippen LogP) is 3.13. The quantitative estimate of drug-likeness (QED) is 0.638. The number of carbonyl (C=O) groups excluding carboxylic acids is 1. The highest BCUT2D eigenvalue weighted by Gasteiger charge is 2.22. The Balaban J connectivity index is 2.07. The van der Waals surface area contributed by atoms with Gasteiger partial charge in [0.15, 0.2) is 0 Å². The van der Waals surface area contributed by atoms with Crippen LogP contribution in [0.4, 0.5) is 5.69 Å². The van der Waals surface area contributed by atoms with E-state index in [1.165, 1.54) is 0 Å². The van der Waals surface area contributed by atoms with E-state index in [1.54, 1.807) is 24.3 Å². The average molecular weight is 421 g/mol. The Labute approximate surface area is 172 Å². The molecule has 0 bridgehead atoms. The topological polar surface area (TPSA) is 84.9 Å². The summed E-state index contributed by atoms with van der Waals surface area (Å²) in [5, 5.41) is 2.84. The summed E-state index contributed by atoms with van der Waals surface area (Å²) in [5.41, 5.74) is 1.30. The summed E-state index contributed by atoms with van der Waals surface area (Å²) >= 11 is 0. The van der Waals surface area contributed by atoms with E-state index in [0.29, 0.717) is 24.7 Å². The van der Waals surface area contributed by atoms with Crippen molar-refractivity contribution in [2.45, 2.75) is 26.8 Å². The number of ether oxygens (including phenoxy) is 2. The van der Waals surface area contributed by atoms with Gasteiger partial charge in [0.05, 0.1) is 31.2 Å². The first-order valence-corrected chi connectivity index (χ1v) is 11.3. The molecule has 1 atom stereocenters. The van der Waals surface area contributed by atoms with E-state index >= 15 is 0 Å². The number of benzene rings is 2. The molecule has 0 fully saturated rings. The number of nitrogens with zero attached hydrogens (tertiary/aromatic N) is 1. The van der Waals surface area contributed by atoms with E-state index in [2.05, 4.69) is 5.32 Å². The molecule has 158 valence electrons. The lowest BCUT2D eigenvalue weighted by Gasteiger charge is -2.23. The number of anilines is 1. The van der Waals surface area contributed by atoms with Crippen LogP contribution >= 0.6 is 0 Å². The number of nitrogens with one attached hydrogen (secondary N) is 1. The molecule has 0 aliphatic heterocycles. The summed E-state index contributed by atoms with van der Waals surface area (Å²) in [4.78, 5) is 12.5. The highest BCUT2D eigenvalue weighted by molar-refractivity contribution is 7.92. The van der Waals surface area contributed by atoms with Crippen molar-refractivity contribution in [3.63, 3.8) is 0 Å². The number of hydrogen-bond acceptors (Lipinski definition) is 5. The minimum absolute atomic E-state index is 0.278. The number of carbonyl (C=O) groups is 1. The highest BCUT2D eigenvalue weighted by Crippen LogP contribution is 2.22. The van der Waals surface area contributed by atoms with E-state index in [9.17, 15) is 13.2 Å². The summed E-state index contributed by atoms with van der Waals surface area (Å²) in [5.74, 6) is 0.998. The van der Waals surface area contributed by atoms with Crippen LogP contribution < -0.4 is 19.1 Å². The van der Waals surface area contributed by atoms with E-state index in [4.69, 9.17) is 9.47 Å². The van der Waals surface area contributed by atoms with Crippen molar-refractivity contribution in [3.8, 4) is 11.5 Å². The van der Waals surface area contributed by atoms with Gasteiger partial charge in [-0.2, -0.15) is 0 Å². The van der Waals surface area contributed by atoms with E-state index in [1.807, 2.05) is 45.0 Å². The molecule has 0 aromatic heterocycles. The Morgan fingerprint density at radius 1 is 0.966 bits per heavy atom. The van der Waals surface area contributed by atoms with Gasteiger partial charge in [0.25, 0.3) is 0 Å². The molecule has 0 aliphatic carbocycles. The van der Waals surface area contributed by atoms with Crippen molar-refractivity contribution in [2.24, 2.45) is 0 Å². The molecule has 0 heterocycles. The van der Waals surface area contributed by atoms with Crippen LogP contribution in [-0.2, 0) is 14.8 Å². The van der Waals surface area contributed by atoms with Crippen molar-refractivity contribution in [2.75, 3.05) is 30.3 Å². The number of rotatable bonds is 10. The smallest absolute Gasteiger partial charge is 0.241 e. The Hall–Kier alpha value is -2.74. The lowest BCUT2D eigenvalue weighted by Crippen LogP contribution is -2.41. The Kier molecular flexibility index (Phi) is 7.90. The second-order valence-corrected chi connectivity index (χ2v) is 8.39. The number of amides is 1. The van der Waals surface area contributed by atoms with Crippen molar-refractivity contribution in [1.82, 2.24) is 5.32 Å². The van der Waals surface area contributed by atoms with E-state index < -0.39 is 15.9 Å². The summed E-state index contributed by atoms with van der Waals surface area (Å²) < 4.78 is 36.3. The van der Waals surface area contributed by atoms with E-state index in [0.717, 1.165) is 21.9 Å². The molecule has 7 nitrogen and oxygen atoms in total. The fourth-order valence-electron chi connectivity index (χ4n) is 2.80. The van der Waals surface area contributed by atoms with Gasteiger partial charge in [-0.15, -0.1) is 0 Å². The number of sulfonamides is 1. The summed E-state index contributed by atoms with van der Waals surface area (Å²) in [6.45, 7) is 6.41. The molecule has 2 aromatic carbocycles. The number of hydrogen-bond donors (Lipinski definition) is 1. The molecule has 0 spiro atoms. The molecule has 2 aromatic rings. The molecule has 0 saturated carbocycles. The molecule has 8 heteroatoms. The summed E-state index contributed by atoms with van der Waals surface area (Å²) in [7, 11) is -3.64. The maximum absolute atomic E-state index is 12.5. The van der Waals surface area contributed by atoms with Gasteiger partial charge >= 0.3 is 0 Å². The first-order chi connectivity index (χ1) is 13.7. The Bertz CT molecular complexity index is 896. The molecule has 1 N–H and O–H groups in total. The van der Waals surface area contributed by atoms with Gasteiger partial charge in [0, 0.05) is 0 Å². The maximum Gasteiger partial charge on any atom is 0.241 e. The monoisotopic (exact) mass is 420 g/mol. The molecule has 0 saturated heterocycles. The molecule has 2 rings (SSSR count). The normalized spacial score (nSPS) is 12.1. The van der Waals surface area contributed by atoms with Crippen LogP contribution in [0.1, 0.15) is 32.4 Å². The van der Waals surface area contributed by atoms with Crippen LogP contribution in [0.15, 0.2) is 48.5 Å². The molecule has 1 amide bonds. The zero-order valence-electron chi connectivity index (χ0n) is 17.2. The lowest BCUT2D eigenvalue weighted by molar-refractivity contribution is -0.120. The zero-order chi connectivity index (χ0) is 21.4. The van der Waals surface area contributed by atoms with E-state index in [-0.39, 0.29) is 12.6 Å². The molecule has 0 unspecified atom stereocenters. The Morgan fingerprint density at radius 2 is 1.45 bits per heavy atom. The van der Waals surface area contributed by atoms with Crippen LogP contribution in [0.3, 0.4) is 0 Å². The second-order valence-electron chi connectivity index (χ2n) is 6.49. The third-order valence-electron chi connectivity index (χ3n) is 4.19. The summed E-state index contributed by atoms with van der Waals surface area (Å²) in [6.07, 6.45) is 1.08. The molecular weight excluding hydrogens is 392 g/mol. The fraction of sp³-hybridized carbons (Fsp3) is 0.381. The molecule has 0 radical (unpaired) electrons. The predicted molar refractivity (Wildman–Crippen MR) is 114 cm³/mol. The first kappa shape index (κ1) is 22.5. The van der Waals surface area contributed by atoms with Crippen molar-refractivity contribution in [3.05, 3.63) is 54.1 Å². The van der Waals surface area contributed by atoms with Crippen LogP contribution in [-0.4, -0.2) is 40.3 Å². The molecule has 0 aliphatic rings. The van der Waals surface area contributed by atoms with Crippen LogP contribution in [0, 0.1) is 0 Å². The van der Waals surface area contributed by atoms with Crippen molar-refractivity contribution in [1.29, 1.82) is 0 Å². The standard InChI is InChI=1S/C21H28N2O5S/c1-5-27-19-11-7-17(8-12-19)16(3)22-21(24)15-23(29(4,25)26)18-9-13-20(14-10-18)28-6-2/h7-14,16H,5-6,15H2,1-4H3,(H,22,24)/t16-/m1/s1. The summed E-state index contributed by atoms with van der Waals surface area (Å²) in [6, 6.07) is 13.7. The Morgan fingerprint density at radius 3 is 1.90 bits per heavy atom. The first-order valence-electron chi connectivity index (χ1n) is 9.47. The van der Waals surface area contributed by atoms with Crippen LogP contribution in [0.2, 0.25) is 0 Å². The van der Waals surface area contributed by atoms with Gasteiger partial charge in [-0.05, 0) is 62.7 Å². The van der Waals surface area contributed by atoms with Gasteiger partial charge in [0.2, 0.25) is 15.9 Å². The largest absolute Gasteiger partial charge is 0.494 e. The van der Waals surface area contributed by atoms with Crippen LogP contribution in [0.25, 0.3) is 0 Å². The maximum atomic E-state index is 12.5. The van der Waals surface area contributed by atoms with Gasteiger partial charge in [-0.25, -0.2) is 8.42 Å². The third-order valence-corrected chi connectivity index (χ3v) is 5.33. The van der Waals surface area contributed by atoms with Gasteiger partial charge in [-0.1, -0.05) is 12.1 Å². The lowest BCUT2D eigenvalue weighted by atomic mass is 10.1. The van der Waals surface area contributed by atoms with Gasteiger partial charge in [-0.3, -0.25) is 9.10 Å². The average Bonchev–Trinajstić information content (AvgIpc) is 2.67. The molecular formula is C21H28N2O5S. The minimum atomic E-state index is -3.64. The fourth-order valence-corrected chi connectivity index (χ4v) is 3.65. The zero-order valence-corrected chi connectivity index (χ0v) is 18.0. The minimum Gasteiger partial charge on any atom is -0.494 e. The molecule has 29 heavy (non-hydrogen) atoms. The van der Waals surface area contributed by atoms with Crippen molar-refractivity contribution >= 4 is 21.6 Å². The van der Waals surface area contributed by atoms with Crippen molar-refractivity contribution < 1.29 is 22.7 Å². The van der Waals surface area contributed by atoms with Gasteiger partial charge in [0.1, 0.15) is 18.0 Å². The SMILES string of the molecule is CCOc1ccc([C@@H](C)NC(=O)CN(c2ccc(OCC)cc2)S(C)(=O)=O)cc1. The van der Waals surface area contributed by atoms with Gasteiger partial charge < -0.3 is 14.8 Å². The van der Waals surface area contributed by atoms with Crippen LogP contribution in [0.5, 0.6) is 11.5 Å². The highest BCUT2D eigenvalue weighted by atomic mass is 32.2. The third kappa shape index (κ3) is 6.67.